The first kappa shape index (κ1) is 38.3. The number of carbonyl (C=O) groups is 5. The van der Waals surface area contributed by atoms with E-state index in [1.807, 2.05) is 37.4 Å². The Morgan fingerprint density at radius 3 is 2.28 bits per heavy atom. The molecule has 5 N–H and O–H groups in total. The summed E-state index contributed by atoms with van der Waals surface area (Å²) in [6.45, 7) is 0.291. The van der Waals surface area contributed by atoms with Gasteiger partial charge in [0.2, 0.25) is 11.8 Å². The zero-order valence-electron chi connectivity index (χ0n) is 29.7. The van der Waals surface area contributed by atoms with Crippen LogP contribution in [0.5, 0.6) is 5.75 Å². The second-order valence-electron chi connectivity index (χ2n) is 12.2. The van der Waals surface area contributed by atoms with Gasteiger partial charge >= 0.3 is 6.09 Å². The lowest BCUT2D eigenvalue weighted by Gasteiger charge is -2.13. The molecule has 0 saturated heterocycles. The van der Waals surface area contributed by atoms with E-state index in [0.29, 0.717) is 37.1 Å². The van der Waals surface area contributed by atoms with Gasteiger partial charge in [0.25, 0.3) is 11.8 Å². The molecule has 1 aliphatic heterocycles. The third-order valence-corrected chi connectivity index (χ3v) is 8.34. The van der Waals surface area contributed by atoms with Crippen molar-refractivity contribution in [2.45, 2.75) is 38.7 Å². The summed E-state index contributed by atoms with van der Waals surface area (Å²) in [6.07, 6.45) is 7.34. The molecular formula is C41H40N6O7. The van der Waals surface area contributed by atoms with E-state index in [4.69, 9.17) is 4.74 Å². The first-order chi connectivity index (χ1) is 26.2. The maximum absolute atomic E-state index is 12.5. The summed E-state index contributed by atoms with van der Waals surface area (Å²) in [5.41, 5.74) is 5.72. The highest BCUT2D eigenvalue weighted by Crippen LogP contribution is 2.26. The largest absolute Gasteiger partial charge is 0.506 e. The standard InChI is InChI=1S/C41H40N6O7/c1-42-33-13-14-34(30-18-21-43-22-19-30)31(26-33)10-6-28-7-11-32(12-8-28)45-41(53)54-27-29-9-15-36(48)35(25-29)46-38(50)20-23-44-37(49)5-3-2-4-24-47-39(51)16-17-40(47)52/h7-9,11-19,21-22,25-26,42,48H,2-5,20,23-24,27H2,1H3,(H,44,49)(H,45,53)(H,46,50). The van der Waals surface area contributed by atoms with Crippen LogP contribution in [0.3, 0.4) is 0 Å². The first-order valence-corrected chi connectivity index (χ1v) is 17.4. The second kappa shape index (κ2) is 19.1. The van der Waals surface area contributed by atoms with Crippen molar-refractivity contribution in [2.24, 2.45) is 0 Å². The van der Waals surface area contributed by atoms with Gasteiger partial charge in [0, 0.05) is 80.0 Å². The number of unbranched alkanes of at least 4 members (excludes halogenated alkanes) is 2. The van der Waals surface area contributed by atoms with Gasteiger partial charge in [-0.3, -0.25) is 34.4 Å². The number of rotatable bonds is 15. The van der Waals surface area contributed by atoms with Gasteiger partial charge < -0.3 is 25.8 Å². The first-order valence-electron chi connectivity index (χ1n) is 17.4. The smallest absolute Gasteiger partial charge is 0.411 e. The number of hydrogen-bond acceptors (Lipinski definition) is 9. The number of benzene rings is 3. The summed E-state index contributed by atoms with van der Waals surface area (Å²) in [6, 6.07) is 21.3. The predicted octanol–water partition coefficient (Wildman–Crippen LogP) is 5.57. The van der Waals surface area contributed by atoms with Crippen LogP contribution < -0.4 is 21.3 Å². The third kappa shape index (κ3) is 11.3. The van der Waals surface area contributed by atoms with Crippen LogP contribution >= 0.6 is 0 Å². The Labute approximate surface area is 312 Å². The quantitative estimate of drug-likeness (QED) is 0.0453. The van der Waals surface area contributed by atoms with E-state index in [9.17, 15) is 29.1 Å². The number of ether oxygens (including phenoxy) is 1. The molecule has 0 bridgehead atoms. The number of carbonyl (C=O) groups excluding carboxylic acids is 5. The Balaban J connectivity index is 1.03. The van der Waals surface area contributed by atoms with Crippen molar-refractivity contribution in [3.05, 3.63) is 114 Å². The van der Waals surface area contributed by atoms with Gasteiger partial charge in [0.05, 0.1) is 5.69 Å². The molecule has 2 heterocycles. The minimum Gasteiger partial charge on any atom is -0.506 e. The number of phenolic OH excluding ortho intramolecular Hbond substituents is 1. The predicted molar refractivity (Wildman–Crippen MR) is 204 cm³/mol. The van der Waals surface area contributed by atoms with Crippen LogP contribution in [0.1, 0.15) is 48.8 Å². The number of anilines is 3. The molecule has 0 fully saturated rings. The molecule has 1 aromatic heterocycles. The molecular weight excluding hydrogens is 688 g/mol. The van der Waals surface area contributed by atoms with E-state index < -0.39 is 12.0 Å². The lowest BCUT2D eigenvalue weighted by molar-refractivity contribution is -0.137. The molecule has 276 valence electrons. The molecule has 0 atom stereocenters. The summed E-state index contributed by atoms with van der Waals surface area (Å²) in [7, 11) is 1.85. The summed E-state index contributed by atoms with van der Waals surface area (Å²) >= 11 is 0. The Hall–Kier alpha value is -6.94. The van der Waals surface area contributed by atoms with E-state index in [-0.39, 0.29) is 55.2 Å². The molecule has 0 aliphatic carbocycles. The van der Waals surface area contributed by atoms with Crippen molar-refractivity contribution < 1.29 is 33.8 Å². The highest BCUT2D eigenvalue weighted by atomic mass is 16.5. The van der Waals surface area contributed by atoms with Crippen molar-refractivity contribution in [1.82, 2.24) is 15.2 Å². The number of nitrogens with zero attached hydrogens (tertiary/aromatic N) is 2. The SMILES string of the molecule is CNc1ccc(-c2ccncc2)c(C#Cc2ccc(NC(=O)OCc3ccc(O)c(NC(=O)CCNC(=O)CCCCCN4C(=O)C=CC4=O)c3)cc2)c1. The van der Waals surface area contributed by atoms with Crippen molar-refractivity contribution in [1.29, 1.82) is 0 Å². The zero-order valence-corrected chi connectivity index (χ0v) is 29.7. The van der Waals surface area contributed by atoms with Gasteiger partial charge in [-0.05, 0) is 90.2 Å². The van der Waals surface area contributed by atoms with Gasteiger partial charge in [-0.1, -0.05) is 30.4 Å². The van der Waals surface area contributed by atoms with Gasteiger partial charge in [0.1, 0.15) is 12.4 Å². The Morgan fingerprint density at radius 1 is 0.796 bits per heavy atom. The fraction of sp³-hybridized carbons (Fsp3) is 0.220. The van der Waals surface area contributed by atoms with E-state index in [1.165, 1.54) is 29.2 Å². The zero-order chi connectivity index (χ0) is 38.3. The normalized spacial score (nSPS) is 11.8. The van der Waals surface area contributed by atoms with E-state index in [1.54, 1.807) is 42.7 Å². The summed E-state index contributed by atoms with van der Waals surface area (Å²) in [4.78, 5) is 65.6. The number of pyridine rings is 1. The minimum absolute atomic E-state index is 0.0268. The molecule has 0 unspecified atom stereocenters. The van der Waals surface area contributed by atoms with Crippen molar-refractivity contribution in [3.8, 4) is 28.7 Å². The number of phenols is 1. The van der Waals surface area contributed by atoms with Crippen LogP contribution in [0.15, 0.2) is 97.3 Å². The lowest BCUT2D eigenvalue weighted by Crippen LogP contribution is -2.31. The van der Waals surface area contributed by atoms with Crippen molar-refractivity contribution >= 4 is 46.8 Å². The molecule has 1 aliphatic rings. The number of hydrogen-bond donors (Lipinski definition) is 5. The maximum atomic E-state index is 12.5. The van der Waals surface area contributed by atoms with Crippen LogP contribution in [-0.4, -0.2) is 64.8 Å². The molecule has 4 aromatic rings. The highest BCUT2D eigenvalue weighted by Gasteiger charge is 2.22. The molecule has 0 radical (unpaired) electrons. The van der Waals surface area contributed by atoms with Gasteiger partial charge in [-0.2, -0.15) is 0 Å². The van der Waals surface area contributed by atoms with Gasteiger partial charge in [0.15, 0.2) is 0 Å². The molecule has 54 heavy (non-hydrogen) atoms. The van der Waals surface area contributed by atoms with Crippen LogP contribution in [0, 0.1) is 11.8 Å². The van der Waals surface area contributed by atoms with Crippen LogP contribution in [-0.2, 0) is 30.5 Å². The minimum atomic E-state index is -0.691. The maximum Gasteiger partial charge on any atom is 0.411 e. The molecule has 0 saturated carbocycles. The topological polar surface area (TPSA) is 179 Å². The Morgan fingerprint density at radius 2 is 1.54 bits per heavy atom. The van der Waals surface area contributed by atoms with Crippen LogP contribution in [0.25, 0.3) is 11.1 Å². The van der Waals surface area contributed by atoms with Crippen molar-refractivity contribution in [2.75, 3.05) is 36.1 Å². The molecule has 3 aromatic carbocycles. The summed E-state index contributed by atoms with van der Waals surface area (Å²) in [5.74, 6) is 4.99. The van der Waals surface area contributed by atoms with E-state index in [2.05, 4.69) is 38.1 Å². The third-order valence-electron chi connectivity index (χ3n) is 8.34. The lowest BCUT2D eigenvalue weighted by atomic mass is 10.00. The monoisotopic (exact) mass is 728 g/mol. The molecule has 0 spiro atoms. The second-order valence-corrected chi connectivity index (χ2v) is 12.2. The number of nitrogens with one attached hydrogen (secondary N) is 4. The highest BCUT2D eigenvalue weighted by molar-refractivity contribution is 6.12. The average molecular weight is 729 g/mol. The van der Waals surface area contributed by atoms with E-state index in [0.717, 1.165) is 27.9 Å². The van der Waals surface area contributed by atoms with E-state index >= 15 is 0 Å². The van der Waals surface area contributed by atoms with Gasteiger partial charge in [-0.25, -0.2) is 4.79 Å². The van der Waals surface area contributed by atoms with Crippen LogP contribution in [0.2, 0.25) is 0 Å². The molecule has 13 heteroatoms. The summed E-state index contributed by atoms with van der Waals surface area (Å²) in [5, 5.41) is 21.4. The number of amides is 5. The Bertz CT molecular complexity index is 2070. The van der Waals surface area contributed by atoms with Crippen LogP contribution in [0.4, 0.5) is 21.9 Å². The van der Waals surface area contributed by atoms with Gasteiger partial charge in [-0.15, -0.1) is 0 Å². The molecule has 5 rings (SSSR count). The number of aromatic nitrogens is 1. The molecule has 13 nitrogen and oxygen atoms in total. The fourth-order valence-corrected chi connectivity index (χ4v) is 5.44. The average Bonchev–Trinajstić information content (AvgIpc) is 3.50. The van der Waals surface area contributed by atoms with Crippen molar-refractivity contribution in [3.63, 3.8) is 0 Å². The fourth-order valence-electron chi connectivity index (χ4n) is 5.44. The molecule has 5 amide bonds. The number of imide groups is 1. The number of aromatic hydroxyl groups is 1. The summed E-state index contributed by atoms with van der Waals surface area (Å²) < 4.78 is 5.35. The Kier molecular flexibility index (Phi) is 13.5.